The van der Waals surface area contributed by atoms with Crippen LogP contribution in [0, 0.1) is 0 Å². The Labute approximate surface area is 264 Å². The Morgan fingerprint density at radius 2 is 1.86 bits per heavy atom. The van der Waals surface area contributed by atoms with Gasteiger partial charge in [0.25, 0.3) is 5.56 Å². The van der Waals surface area contributed by atoms with Gasteiger partial charge in [-0.3, -0.25) is 4.79 Å². The quantitative estimate of drug-likeness (QED) is 0.175. The van der Waals surface area contributed by atoms with Crippen LogP contribution in [0.5, 0.6) is 11.5 Å². The number of carboxylic acids is 1. The molecule has 0 atom stereocenters. The van der Waals surface area contributed by atoms with Gasteiger partial charge in [0.2, 0.25) is 0 Å². The van der Waals surface area contributed by atoms with E-state index in [0.29, 0.717) is 44.9 Å². The van der Waals surface area contributed by atoms with E-state index in [1.165, 1.54) is 23.2 Å². The number of hydrogen-bond donors (Lipinski definition) is 1. The average Bonchev–Trinajstić information content (AvgIpc) is 2.99. The van der Waals surface area contributed by atoms with Crippen molar-refractivity contribution in [1.29, 1.82) is 0 Å². The first-order valence-electron chi connectivity index (χ1n) is 13.6. The largest absolute Gasteiger partial charge is 0.490 e. The van der Waals surface area contributed by atoms with Gasteiger partial charge in [-0.15, -0.1) is 0 Å². The van der Waals surface area contributed by atoms with Gasteiger partial charge in [0, 0.05) is 20.4 Å². The van der Waals surface area contributed by atoms with Crippen LogP contribution >= 0.6 is 43.5 Å². The molecule has 11 heteroatoms. The highest BCUT2D eigenvalue weighted by molar-refractivity contribution is 9.10. The van der Waals surface area contributed by atoms with Gasteiger partial charge in [-0.05, 0) is 77.7 Å². The number of benzene rings is 3. The molecule has 0 spiro atoms. The van der Waals surface area contributed by atoms with Crippen LogP contribution in [0.3, 0.4) is 0 Å². The molecule has 0 amide bonds. The lowest BCUT2D eigenvalue weighted by atomic mass is 9.88. The molecule has 3 aromatic carbocycles. The molecule has 1 aliphatic carbocycles. The van der Waals surface area contributed by atoms with Crippen LogP contribution in [0.1, 0.15) is 72.3 Å². The summed E-state index contributed by atoms with van der Waals surface area (Å²) in [7, 11) is 0. The maximum atomic E-state index is 13.7. The number of nitrogens with zero attached hydrogens (tertiary/aromatic N) is 3. The lowest BCUT2D eigenvalue weighted by molar-refractivity contribution is 0.0697. The molecule has 4 aromatic rings. The molecule has 218 valence electrons. The number of rotatable bonds is 9. The molecule has 1 aliphatic rings. The lowest BCUT2D eigenvalue weighted by Crippen LogP contribution is -2.25. The van der Waals surface area contributed by atoms with Crippen molar-refractivity contribution in [2.75, 3.05) is 6.61 Å². The minimum Gasteiger partial charge on any atom is -0.490 e. The summed E-state index contributed by atoms with van der Waals surface area (Å²) in [5.74, 6) is 0.553. The smallest absolute Gasteiger partial charge is 0.335 e. The number of carboxylic acid groups (broad SMARTS) is 1. The second-order valence-corrected chi connectivity index (χ2v) is 12.1. The van der Waals surface area contributed by atoms with Crippen molar-refractivity contribution in [1.82, 2.24) is 9.66 Å². The SMILES string of the molecule is CCOc1cc(C=Nn2c(C3CCCCC3)nc3ccc(Br)cc3c2=O)c(Br)c(Cl)c1OCc1ccc(C(=O)O)cc1. The van der Waals surface area contributed by atoms with E-state index in [-0.39, 0.29) is 28.7 Å². The molecule has 1 saturated carbocycles. The molecule has 0 radical (unpaired) electrons. The van der Waals surface area contributed by atoms with Crippen molar-refractivity contribution in [2.24, 2.45) is 5.10 Å². The minimum atomic E-state index is -0.995. The van der Waals surface area contributed by atoms with E-state index >= 15 is 0 Å². The van der Waals surface area contributed by atoms with E-state index in [0.717, 1.165) is 35.7 Å². The molecule has 1 heterocycles. The molecular formula is C31H28Br2ClN3O5. The van der Waals surface area contributed by atoms with Crippen molar-refractivity contribution < 1.29 is 19.4 Å². The second-order valence-electron chi connectivity index (χ2n) is 9.97. The fourth-order valence-electron chi connectivity index (χ4n) is 5.02. The molecule has 5 rings (SSSR count). The van der Waals surface area contributed by atoms with Crippen molar-refractivity contribution in [3.63, 3.8) is 0 Å². The average molecular weight is 718 g/mol. The van der Waals surface area contributed by atoms with Gasteiger partial charge >= 0.3 is 5.97 Å². The minimum absolute atomic E-state index is 0.142. The summed E-state index contributed by atoms with van der Waals surface area (Å²) in [4.78, 5) is 29.7. The van der Waals surface area contributed by atoms with E-state index in [1.54, 1.807) is 30.5 Å². The summed E-state index contributed by atoms with van der Waals surface area (Å²) in [6.07, 6.45) is 6.85. The van der Waals surface area contributed by atoms with Crippen LogP contribution in [0.2, 0.25) is 5.02 Å². The van der Waals surface area contributed by atoms with Gasteiger partial charge in [-0.2, -0.15) is 9.78 Å². The van der Waals surface area contributed by atoms with E-state index in [9.17, 15) is 9.59 Å². The standard InChI is InChI=1S/C31H28Br2ClN3O5/c1-2-41-25-14-21(26(33)27(34)28(25)42-17-18-8-10-20(11-9-18)31(39)40)16-35-37-29(19-6-4-3-5-7-19)36-24-13-12-22(32)15-23(24)30(37)38/h8-16,19H,2-7,17H2,1H3,(H,39,40). The van der Waals surface area contributed by atoms with Crippen molar-refractivity contribution in [2.45, 2.75) is 51.6 Å². The Kier molecular flexibility index (Phi) is 9.65. The number of aromatic carboxylic acids is 1. The van der Waals surface area contributed by atoms with E-state index < -0.39 is 5.97 Å². The molecule has 0 aliphatic heterocycles. The zero-order valence-corrected chi connectivity index (χ0v) is 26.7. The zero-order valence-electron chi connectivity index (χ0n) is 22.8. The summed E-state index contributed by atoms with van der Waals surface area (Å²) in [5, 5.41) is 14.5. The lowest BCUT2D eigenvalue weighted by Gasteiger charge is -2.23. The molecule has 1 aromatic heterocycles. The monoisotopic (exact) mass is 715 g/mol. The van der Waals surface area contributed by atoms with E-state index in [2.05, 4.69) is 37.0 Å². The third-order valence-electron chi connectivity index (χ3n) is 7.16. The van der Waals surface area contributed by atoms with Gasteiger partial charge in [-0.25, -0.2) is 9.78 Å². The van der Waals surface area contributed by atoms with E-state index in [4.69, 9.17) is 31.2 Å². The third-order valence-corrected chi connectivity index (χ3v) is 9.09. The molecule has 0 saturated heterocycles. The zero-order chi connectivity index (χ0) is 29.8. The normalized spacial score (nSPS) is 14.0. The maximum absolute atomic E-state index is 13.7. The summed E-state index contributed by atoms with van der Waals surface area (Å²) >= 11 is 13.8. The predicted molar refractivity (Wildman–Crippen MR) is 171 cm³/mol. The van der Waals surface area contributed by atoms with Crippen LogP contribution < -0.4 is 15.0 Å². The Balaban J connectivity index is 1.51. The van der Waals surface area contributed by atoms with Crippen LogP contribution in [0.4, 0.5) is 0 Å². The Bertz CT molecular complexity index is 1720. The fraction of sp³-hybridized carbons (Fsp3) is 0.290. The topological polar surface area (TPSA) is 103 Å². The molecule has 42 heavy (non-hydrogen) atoms. The molecule has 0 unspecified atom stereocenters. The predicted octanol–water partition coefficient (Wildman–Crippen LogP) is 8.18. The second kappa shape index (κ2) is 13.4. The highest BCUT2D eigenvalue weighted by atomic mass is 79.9. The number of aromatic nitrogens is 2. The summed E-state index contributed by atoms with van der Waals surface area (Å²) < 4.78 is 14.6. The van der Waals surface area contributed by atoms with Crippen molar-refractivity contribution in [3.8, 4) is 11.5 Å². The Morgan fingerprint density at radius 3 is 2.55 bits per heavy atom. The first-order valence-corrected chi connectivity index (χ1v) is 15.6. The molecular weight excluding hydrogens is 690 g/mol. The third kappa shape index (κ3) is 6.55. The van der Waals surface area contributed by atoms with Gasteiger partial charge in [0.15, 0.2) is 11.5 Å². The summed E-state index contributed by atoms with van der Waals surface area (Å²) in [5.41, 5.74) is 1.97. The number of ether oxygens (including phenoxy) is 2. The van der Waals surface area contributed by atoms with Crippen LogP contribution in [0.25, 0.3) is 10.9 Å². The highest BCUT2D eigenvalue weighted by Gasteiger charge is 2.23. The van der Waals surface area contributed by atoms with Gasteiger partial charge < -0.3 is 14.6 Å². The molecule has 1 N–H and O–H groups in total. The molecule has 0 bridgehead atoms. The number of carbonyl (C=O) groups is 1. The molecule has 8 nitrogen and oxygen atoms in total. The van der Waals surface area contributed by atoms with Gasteiger partial charge in [0.1, 0.15) is 17.5 Å². The number of hydrogen-bond acceptors (Lipinski definition) is 6. The maximum Gasteiger partial charge on any atom is 0.335 e. The van der Waals surface area contributed by atoms with Crippen molar-refractivity contribution in [3.05, 3.63) is 95.4 Å². The summed E-state index contributed by atoms with van der Waals surface area (Å²) in [6.45, 7) is 2.37. The first-order chi connectivity index (χ1) is 20.3. The van der Waals surface area contributed by atoms with Gasteiger partial charge in [-0.1, -0.05) is 58.9 Å². The number of halogens is 3. The number of fused-ring (bicyclic) bond motifs is 1. The highest BCUT2D eigenvalue weighted by Crippen LogP contribution is 2.43. The van der Waals surface area contributed by atoms with Gasteiger partial charge in [0.05, 0.1) is 29.3 Å². The van der Waals surface area contributed by atoms with E-state index in [1.807, 2.05) is 19.1 Å². The Hall–Kier alpha value is -3.21. The fourth-order valence-corrected chi connectivity index (χ4v) is 6.03. The van der Waals surface area contributed by atoms with Crippen LogP contribution in [0.15, 0.2) is 67.4 Å². The van der Waals surface area contributed by atoms with Crippen LogP contribution in [-0.4, -0.2) is 33.6 Å². The first kappa shape index (κ1) is 30.3. The summed E-state index contributed by atoms with van der Waals surface area (Å²) in [6, 6.07) is 13.7. The Morgan fingerprint density at radius 1 is 1.12 bits per heavy atom. The molecule has 1 fully saturated rings. The van der Waals surface area contributed by atoms with Crippen molar-refractivity contribution >= 4 is 66.5 Å². The van der Waals surface area contributed by atoms with Crippen LogP contribution in [-0.2, 0) is 6.61 Å².